The number of anilines is 1. The first-order chi connectivity index (χ1) is 12.6. The smallest absolute Gasteiger partial charge is 0.275 e. The summed E-state index contributed by atoms with van der Waals surface area (Å²) in [6.45, 7) is 1.93. The lowest BCUT2D eigenvalue weighted by Gasteiger charge is -2.10. The van der Waals surface area contributed by atoms with E-state index in [0.29, 0.717) is 11.3 Å². The van der Waals surface area contributed by atoms with Gasteiger partial charge >= 0.3 is 0 Å². The van der Waals surface area contributed by atoms with Gasteiger partial charge < -0.3 is 0 Å². The second-order valence-corrected chi connectivity index (χ2v) is 6.17. The number of benzene rings is 2. The Balaban J connectivity index is 1.85. The van der Waals surface area contributed by atoms with E-state index >= 15 is 0 Å². The molecule has 5 nitrogen and oxygen atoms in total. The zero-order valence-corrected chi connectivity index (χ0v) is 14.6. The molecule has 0 fully saturated rings. The van der Waals surface area contributed by atoms with Gasteiger partial charge in [-0.25, -0.2) is 0 Å². The normalized spacial score (nSPS) is 15.6. The predicted molar refractivity (Wildman–Crippen MR) is 103 cm³/mol. The summed E-state index contributed by atoms with van der Waals surface area (Å²) in [6, 6.07) is 19.2. The lowest BCUT2D eigenvalue weighted by molar-refractivity contribution is -0.114. The van der Waals surface area contributed by atoms with Crippen LogP contribution in [-0.4, -0.2) is 21.4 Å². The van der Waals surface area contributed by atoms with Gasteiger partial charge in [-0.15, -0.1) is 0 Å². The third-order valence-electron chi connectivity index (χ3n) is 4.28. The van der Waals surface area contributed by atoms with Gasteiger partial charge in [0.15, 0.2) is 0 Å². The highest BCUT2D eigenvalue weighted by molar-refractivity contribution is 6.37. The minimum absolute atomic E-state index is 0.140. The van der Waals surface area contributed by atoms with Crippen LogP contribution in [0, 0.1) is 6.92 Å². The summed E-state index contributed by atoms with van der Waals surface area (Å²) in [7, 11) is 1.87. The lowest BCUT2D eigenvalue weighted by Crippen LogP contribution is -2.21. The summed E-state index contributed by atoms with van der Waals surface area (Å²) in [4.78, 5) is 13.1. The maximum absolute atomic E-state index is 13.1. The minimum Gasteiger partial charge on any atom is -0.275 e. The molecule has 5 heteroatoms. The van der Waals surface area contributed by atoms with Crippen LogP contribution < -0.4 is 5.01 Å². The molecule has 0 saturated carbocycles. The minimum atomic E-state index is -0.140. The molecule has 0 unspecified atom stereocenters. The number of amides is 1. The average molecular weight is 342 g/mol. The first-order valence-electron chi connectivity index (χ1n) is 8.39. The molecule has 1 aliphatic rings. The van der Waals surface area contributed by atoms with Crippen LogP contribution in [0.5, 0.6) is 0 Å². The van der Waals surface area contributed by atoms with Crippen LogP contribution in [0.4, 0.5) is 5.69 Å². The van der Waals surface area contributed by atoms with Crippen LogP contribution >= 0.6 is 0 Å². The van der Waals surface area contributed by atoms with Crippen molar-refractivity contribution in [3.63, 3.8) is 0 Å². The molecule has 3 aromatic rings. The van der Waals surface area contributed by atoms with E-state index in [0.717, 1.165) is 22.5 Å². The van der Waals surface area contributed by atoms with E-state index in [9.17, 15) is 4.79 Å². The van der Waals surface area contributed by atoms with E-state index in [2.05, 4.69) is 10.2 Å². The van der Waals surface area contributed by atoms with E-state index in [1.807, 2.05) is 86.9 Å². The van der Waals surface area contributed by atoms with E-state index in [4.69, 9.17) is 0 Å². The van der Waals surface area contributed by atoms with Crippen molar-refractivity contribution < 1.29 is 4.79 Å². The number of rotatable bonds is 3. The van der Waals surface area contributed by atoms with Crippen LogP contribution in [-0.2, 0) is 11.8 Å². The van der Waals surface area contributed by atoms with Crippen LogP contribution in [0.25, 0.3) is 6.08 Å². The van der Waals surface area contributed by atoms with Crippen molar-refractivity contribution in [1.82, 2.24) is 9.78 Å². The second-order valence-electron chi connectivity index (χ2n) is 6.17. The lowest BCUT2D eigenvalue weighted by atomic mass is 10.0. The van der Waals surface area contributed by atoms with E-state index < -0.39 is 0 Å². The summed E-state index contributed by atoms with van der Waals surface area (Å²) >= 11 is 0. The Morgan fingerprint density at radius 3 is 2.23 bits per heavy atom. The van der Waals surface area contributed by atoms with Crippen molar-refractivity contribution in [1.29, 1.82) is 0 Å². The van der Waals surface area contributed by atoms with E-state index in [1.165, 1.54) is 5.01 Å². The molecule has 128 valence electrons. The highest BCUT2D eigenvalue weighted by Gasteiger charge is 2.32. The van der Waals surface area contributed by atoms with Crippen molar-refractivity contribution in [2.75, 3.05) is 5.01 Å². The molecule has 0 N–H and O–H groups in total. The number of aryl methyl sites for hydroxylation is 2. The topological polar surface area (TPSA) is 50.5 Å². The van der Waals surface area contributed by atoms with Crippen molar-refractivity contribution in [2.24, 2.45) is 12.1 Å². The van der Waals surface area contributed by atoms with Gasteiger partial charge in [0, 0.05) is 24.4 Å². The second kappa shape index (κ2) is 6.44. The van der Waals surface area contributed by atoms with Gasteiger partial charge in [0.1, 0.15) is 5.71 Å². The molecule has 2 heterocycles. The standard InChI is InChI=1S/C21H18N4O/c1-15-17(14-24(2)22-15)13-19-20(16-9-5-3-6-10-16)23-25(21(19)26)18-11-7-4-8-12-18/h3-14H,1-2H3/b19-13+. The summed E-state index contributed by atoms with van der Waals surface area (Å²) in [5, 5.41) is 10.4. The third-order valence-corrected chi connectivity index (χ3v) is 4.28. The number of hydrogen-bond acceptors (Lipinski definition) is 3. The number of carbonyl (C=O) groups excluding carboxylic acids is 1. The molecule has 26 heavy (non-hydrogen) atoms. The summed E-state index contributed by atoms with van der Waals surface area (Å²) in [5.41, 5.74) is 4.68. The van der Waals surface area contributed by atoms with Crippen molar-refractivity contribution in [3.8, 4) is 0 Å². The molecular weight excluding hydrogens is 324 g/mol. The predicted octanol–water partition coefficient (Wildman–Crippen LogP) is 3.56. The largest absolute Gasteiger partial charge is 0.281 e. The Kier molecular flexibility index (Phi) is 3.97. The molecule has 0 aliphatic carbocycles. The molecule has 0 radical (unpaired) electrons. The molecule has 4 rings (SSSR count). The van der Waals surface area contributed by atoms with Crippen LogP contribution in [0.2, 0.25) is 0 Å². The molecule has 1 aliphatic heterocycles. The fourth-order valence-electron chi connectivity index (χ4n) is 3.01. The van der Waals surface area contributed by atoms with Gasteiger partial charge in [0.2, 0.25) is 0 Å². The van der Waals surface area contributed by atoms with Crippen LogP contribution in [0.1, 0.15) is 16.8 Å². The number of nitrogens with zero attached hydrogens (tertiary/aromatic N) is 4. The molecular formula is C21H18N4O. The molecule has 0 spiro atoms. The number of hydrazone groups is 1. The van der Waals surface area contributed by atoms with Gasteiger partial charge in [-0.1, -0.05) is 48.5 Å². The highest BCUT2D eigenvalue weighted by Crippen LogP contribution is 2.28. The average Bonchev–Trinajstić information content (AvgIpc) is 3.16. The van der Waals surface area contributed by atoms with Gasteiger partial charge in [-0.05, 0) is 25.1 Å². The zero-order chi connectivity index (χ0) is 18.1. The zero-order valence-electron chi connectivity index (χ0n) is 14.6. The van der Waals surface area contributed by atoms with Crippen molar-refractivity contribution >= 4 is 23.4 Å². The Hall–Kier alpha value is -3.47. The first kappa shape index (κ1) is 16.0. The molecule has 2 aromatic carbocycles. The molecule has 0 saturated heterocycles. The third kappa shape index (κ3) is 2.84. The molecule has 1 aromatic heterocycles. The van der Waals surface area contributed by atoms with E-state index in [1.54, 1.807) is 4.68 Å². The molecule has 0 atom stereocenters. The quantitative estimate of drug-likeness (QED) is 0.683. The fraction of sp³-hybridized carbons (Fsp3) is 0.0952. The first-order valence-corrected chi connectivity index (χ1v) is 8.39. The van der Waals surface area contributed by atoms with E-state index in [-0.39, 0.29) is 5.91 Å². The molecule has 0 bridgehead atoms. The fourth-order valence-corrected chi connectivity index (χ4v) is 3.01. The SMILES string of the molecule is Cc1nn(C)cc1/C=C1/C(=O)N(c2ccccc2)N=C1c1ccccc1. The van der Waals surface area contributed by atoms with Gasteiger partial charge in [-0.3, -0.25) is 9.48 Å². The Bertz CT molecular complexity index is 1020. The summed E-state index contributed by atoms with van der Waals surface area (Å²) in [6.07, 6.45) is 3.78. The van der Waals surface area contributed by atoms with Crippen LogP contribution in [0.3, 0.4) is 0 Å². The Labute approximate surface area is 151 Å². The van der Waals surface area contributed by atoms with Crippen LogP contribution in [0.15, 0.2) is 77.5 Å². The maximum atomic E-state index is 13.1. The Morgan fingerprint density at radius 2 is 1.62 bits per heavy atom. The molecule has 1 amide bonds. The maximum Gasteiger partial charge on any atom is 0.281 e. The number of aromatic nitrogens is 2. The van der Waals surface area contributed by atoms with Crippen molar-refractivity contribution in [2.45, 2.75) is 6.92 Å². The Morgan fingerprint density at radius 1 is 0.962 bits per heavy atom. The summed E-state index contributed by atoms with van der Waals surface area (Å²) < 4.78 is 1.75. The van der Waals surface area contributed by atoms with Gasteiger partial charge in [0.25, 0.3) is 5.91 Å². The number of carbonyl (C=O) groups is 1. The van der Waals surface area contributed by atoms with Crippen molar-refractivity contribution in [3.05, 3.63) is 89.3 Å². The highest BCUT2D eigenvalue weighted by atomic mass is 16.2. The van der Waals surface area contributed by atoms with Gasteiger partial charge in [-0.2, -0.15) is 15.2 Å². The monoisotopic (exact) mass is 342 g/mol. The number of para-hydroxylation sites is 1. The number of hydrogen-bond donors (Lipinski definition) is 0. The van der Waals surface area contributed by atoms with Gasteiger partial charge in [0.05, 0.1) is 17.0 Å². The summed E-state index contributed by atoms with van der Waals surface area (Å²) in [5.74, 6) is -0.140.